The minimum atomic E-state index is -3.82. The van der Waals surface area contributed by atoms with Gasteiger partial charge in [-0.25, -0.2) is 25.5 Å². The van der Waals surface area contributed by atoms with Crippen molar-refractivity contribution in [1.82, 2.24) is 4.31 Å². The lowest BCUT2D eigenvalue weighted by Crippen LogP contribution is -2.42. The molecule has 39 heavy (non-hydrogen) atoms. The second-order valence-electron chi connectivity index (χ2n) is 9.57. The Balaban J connectivity index is 1.34. The van der Waals surface area contributed by atoms with Crippen LogP contribution in [0.2, 0.25) is 5.02 Å². The van der Waals surface area contributed by atoms with E-state index < -0.39 is 37.5 Å². The first-order valence-corrected chi connectivity index (χ1v) is 15.7. The standard InChI is InChI=1S/C27H29ClFN3O5S2/c1-18-6-7-19(2)26(16-18)31-39(36,37)22-10-8-21(9-11-22)30-27(33)20-12-14-32(15-13-20)38(34,35)17-23-24(28)4-3-5-25(23)29/h3-11,16,20,31H,12-15,17H2,1-2H3,(H,30,33). The number of halogens is 2. The Labute approximate surface area is 233 Å². The largest absolute Gasteiger partial charge is 0.326 e. The molecule has 0 aromatic heterocycles. The average Bonchev–Trinajstić information content (AvgIpc) is 2.89. The van der Waals surface area contributed by atoms with Crippen molar-refractivity contribution >= 4 is 48.9 Å². The van der Waals surface area contributed by atoms with Gasteiger partial charge in [0.1, 0.15) is 5.82 Å². The van der Waals surface area contributed by atoms with Crippen LogP contribution in [0.25, 0.3) is 0 Å². The summed E-state index contributed by atoms with van der Waals surface area (Å²) in [6, 6.07) is 15.3. The molecule has 208 valence electrons. The summed E-state index contributed by atoms with van der Waals surface area (Å²) in [4.78, 5) is 12.9. The van der Waals surface area contributed by atoms with Crippen LogP contribution in [-0.4, -0.2) is 40.1 Å². The van der Waals surface area contributed by atoms with E-state index in [2.05, 4.69) is 10.0 Å². The quantitative estimate of drug-likeness (QED) is 0.378. The number of hydrogen-bond donors (Lipinski definition) is 2. The van der Waals surface area contributed by atoms with E-state index in [9.17, 15) is 26.0 Å². The normalized spacial score (nSPS) is 15.2. The molecular weight excluding hydrogens is 565 g/mol. The predicted octanol–water partition coefficient (Wildman–Crippen LogP) is 5.08. The van der Waals surface area contributed by atoms with Crippen LogP contribution in [0.3, 0.4) is 0 Å². The average molecular weight is 594 g/mol. The maximum absolute atomic E-state index is 14.1. The number of nitrogens with one attached hydrogen (secondary N) is 2. The molecule has 1 saturated heterocycles. The topological polar surface area (TPSA) is 113 Å². The van der Waals surface area contributed by atoms with Crippen molar-refractivity contribution in [3.63, 3.8) is 0 Å². The van der Waals surface area contributed by atoms with Crippen molar-refractivity contribution in [2.45, 2.75) is 37.3 Å². The second kappa shape index (κ2) is 11.6. The first-order valence-electron chi connectivity index (χ1n) is 12.3. The van der Waals surface area contributed by atoms with E-state index in [0.29, 0.717) is 24.2 Å². The van der Waals surface area contributed by atoms with Crippen LogP contribution < -0.4 is 10.0 Å². The fourth-order valence-corrected chi connectivity index (χ4v) is 7.39. The van der Waals surface area contributed by atoms with E-state index in [-0.39, 0.29) is 34.5 Å². The van der Waals surface area contributed by atoms with Crippen LogP contribution in [0.5, 0.6) is 0 Å². The number of sulfonamides is 2. The summed E-state index contributed by atoms with van der Waals surface area (Å²) < 4.78 is 69.3. The van der Waals surface area contributed by atoms with Gasteiger partial charge in [-0.15, -0.1) is 0 Å². The molecule has 3 aromatic carbocycles. The van der Waals surface area contributed by atoms with E-state index in [4.69, 9.17) is 11.6 Å². The van der Waals surface area contributed by atoms with Crippen molar-refractivity contribution in [1.29, 1.82) is 0 Å². The molecule has 0 saturated carbocycles. The molecule has 0 spiro atoms. The summed E-state index contributed by atoms with van der Waals surface area (Å²) in [5.74, 6) is -1.94. The minimum Gasteiger partial charge on any atom is -0.326 e. The smallest absolute Gasteiger partial charge is 0.261 e. The van der Waals surface area contributed by atoms with Gasteiger partial charge in [-0.05, 0) is 80.3 Å². The zero-order valence-corrected chi connectivity index (χ0v) is 23.8. The maximum Gasteiger partial charge on any atom is 0.261 e. The Morgan fingerprint density at radius 2 is 1.67 bits per heavy atom. The minimum absolute atomic E-state index is 0.0488. The number of carbonyl (C=O) groups is 1. The van der Waals surface area contributed by atoms with Gasteiger partial charge in [0.15, 0.2) is 0 Å². The number of aryl methyl sites for hydroxylation is 2. The third-order valence-corrected chi connectivity index (χ3v) is 10.2. The van der Waals surface area contributed by atoms with Crippen LogP contribution in [0, 0.1) is 25.6 Å². The molecule has 2 N–H and O–H groups in total. The van der Waals surface area contributed by atoms with Crippen LogP contribution in [0.1, 0.15) is 29.5 Å². The first-order chi connectivity index (χ1) is 18.4. The molecule has 1 aliphatic rings. The number of anilines is 2. The van der Waals surface area contributed by atoms with E-state index in [1.54, 1.807) is 6.07 Å². The number of benzene rings is 3. The van der Waals surface area contributed by atoms with Crippen molar-refractivity contribution in [3.05, 3.63) is 88.2 Å². The highest BCUT2D eigenvalue weighted by Gasteiger charge is 2.32. The van der Waals surface area contributed by atoms with Crippen LogP contribution >= 0.6 is 11.6 Å². The van der Waals surface area contributed by atoms with Gasteiger partial charge in [0, 0.05) is 35.3 Å². The van der Waals surface area contributed by atoms with Gasteiger partial charge in [0.05, 0.1) is 16.3 Å². The van der Waals surface area contributed by atoms with E-state index in [1.165, 1.54) is 40.7 Å². The van der Waals surface area contributed by atoms with Gasteiger partial charge in [0.25, 0.3) is 10.0 Å². The Morgan fingerprint density at radius 3 is 2.31 bits per heavy atom. The van der Waals surface area contributed by atoms with E-state index in [0.717, 1.165) is 17.2 Å². The monoisotopic (exact) mass is 593 g/mol. The molecule has 8 nitrogen and oxygen atoms in total. The molecule has 12 heteroatoms. The zero-order valence-electron chi connectivity index (χ0n) is 21.4. The Hall–Kier alpha value is -2.99. The molecule has 3 aromatic rings. The van der Waals surface area contributed by atoms with Crippen molar-refractivity contribution in [2.24, 2.45) is 5.92 Å². The second-order valence-corrected chi connectivity index (χ2v) is 13.6. The molecule has 0 atom stereocenters. The summed E-state index contributed by atoms with van der Waals surface area (Å²) >= 11 is 5.99. The van der Waals surface area contributed by atoms with Gasteiger partial charge in [-0.3, -0.25) is 9.52 Å². The zero-order chi connectivity index (χ0) is 28.4. The molecule has 0 aliphatic carbocycles. The number of hydrogen-bond acceptors (Lipinski definition) is 5. The van der Waals surface area contributed by atoms with Gasteiger partial charge >= 0.3 is 0 Å². The molecular formula is C27H29ClFN3O5S2. The van der Waals surface area contributed by atoms with Crippen molar-refractivity contribution in [2.75, 3.05) is 23.1 Å². The lowest BCUT2D eigenvalue weighted by Gasteiger charge is -2.30. The molecule has 1 fully saturated rings. The number of amides is 1. The van der Waals surface area contributed by atoms with Crippen molar-refractivity contribution < 1.29 is 26.0 Å². The summed E-state index contributed by atoms with van der Waals surface area (Å²) in [7, 11) is -7.65. The fraction of sp³-hybridized carbons (Fsp3) is 0.296. The molecule has 4 rings (SSSR count). The molecule has 0 unspecified atom stereocenters. The molecule has 1 heterocycles. The van der Waals surface area contributed by atoms with Gasteiger partial charge in [0.2, 0.25) is 15.9 Å². The Bertz CT molecular complexity index is 1570. The van der Waals surface area contributed by atoms with Crippen molar-refractivity contribution in [3.8, 4) is 0 Å². The number of piperidine rings is 1. The SMILES string of the molecule is Cc1ccc(C)c(NS(=O)(=O)c2ccc(NC(=O)C3CCN(S(=O)(=O)Cc4c(F)cccc4Cl)CC3)cc2)c1. The predicted molar refractivity (Wildman–Crippen MR) is 150 cm³/mol. The highest BCUT2D eigenvalue weighted by Crippen LogP contribution is 2.27. The number of nitrogens with zero attached hydrogens (tertiary/aromatic N) is 1. The first kappa shape index (κ1) is 29.0. The van der Waals surface area contributed by atoms with Gasteiger partial charge in [-0.1, -0.05) is 29.8 Å². The number of rotatable bonds is 8. The Morgan fingerprint density at radius 1 is 1.00 bits per heavy atom. The van der Waals surface area contributed by atoms with E-state index in [1.807, 2.05) is 26.0 Å². The molecule has 0 radical (unpaired) electrons. The highest BCUT2D eigenvalue weighted by molar-refractivity contribution is 7.92. The summed E-state index contributed by atoms with van der Waals surface area (Å²) in [5, 5.41) is 2.82. The fourth-order valence-electron chi connectivity index (χ4n) is 4.35. The highest BCUT2D eigenvalue weighted by atomic mass is 35.5. The molecule has 1 aliphatic heterocycles. The lowest BCUT2D eigenvalue weighted by atomic mass is 9.97. The van der Waals surface area contributed by atoms with Crippen LogP contribution in [0.4, 0.5) is 15.8 Å². The van der Waals surface area contributed by atoms with Gasteiger partial charge in [-0.2, -0.15) is 0 Å². The van der Waals surface area contributed by atoms with Crippen LogP contribution in [-0.2, 0) is 30.6 Å². The summed E-state index contributed by atoms with van der Waals surface area (Å²) in [5.41, 5.74) is 2.57. The van der Waals surface area contributed by atoms with Crippen LogP contribution in [0.15, 0.2) is 65.6 Å². The third-order valence-electron chi connectivity index (χ3n) is 6.68. The third kappa shape index (κ3) is 6.96. The summed E-state index contributed by atoms with van der Waals surface area (Å²) in [6.07, 6.45) is 0.588. The molecule has 0 bridgehead atoms. The number of carbonyl (C=O) groups excluding carboxylic acids is 1. The van der Waals surface area contributed by atoms with E-state index >= 15 is 0 Å². The Kier molecular flexibility index (Phi) is 8.65. The van der Waals surface area contributed by atoms with Gasteiger partial charge < -0.3 is 5.32 Å². The lowest BCUT2D eigenvalue weighted by molar-refractivity contribution is -0.120. The molecule has 1 amide bonds. The summed E-state index contributed by atoms with van der Waals surface area (Å²) in [6.45, 7) is 3.93. The maximum atomic E-state index is 14.1.